The summed E-state index contributed by atoms with van der Waals surface area (Å²) in [6.07, 6.45) is 0. The molecule has 0 aliphatic carbocycles. The van der Waals surface area contributed by atoms with Crippen molar-refractivity contribution in [2.75, 3.05) is 19.8 Å². The van der Waals surface area contributed by atoms with Crippen LogP contribution >= 0.6 is 7.60 Å². The fourth-order valence-corrected chi connectivity index (χ4v) is 3.11. The van der Waals surface area contributed by atoms with Gasteiger partial charge in [-0.05, 0) is 38.5 Å². The van der Waals surface area contributed by atoms with E-state index < -0.39 is 31.5 Å². The number of hydrogen-bond donors (Lipinski definition) is 1. The summed E-state index contributed by atoms with van der Waals surface area (Å²) in [5.74, 6) is -1.64. The van der Waals surface area contributed by atoms with Gasteiger partial charge in [-0.2, -0.15) is 0 Å². The van der Waals surface area contributed by atoms with Crippen molar-refractivity contribution in [3.63, 3.8) is 0 Å². The third-order valence-electron chi connectivity index (χ3n) is 2.66. The zero-order valence-corrected chi connectivity index (χ0v) is 15.2. The first-order valence-electron chi connectivity index (χ1n) is 7.49. The summed E-state index contributed by atoms with van der Waals surface area (Å²) < 4.78 is 27.6. The number of rotatable bonds is 10. The number of benzene rings is 1. The van der Waals surface area contributed by atoms with Gasteiger partial charge in [0, 0.05) is 0 Å². The van der Waals surface area contributed by atoms with Crippen molar-refractivity contribution in [2.45, 2.75) is 20.8 Å². The molecule has 1 aromatic carbocycles. The second kappa shape index (κ2) is 9.93. The highest BCUT2D eigenvalue weighted by Crippen LogP contribution is 2.49. The molecule has 2 N–H and O–H groups in total. The predicted molar refractivity (Wildman–Crippen MR) is 90.3 cm³/mol. The molecule has 0 radical (unpaired) electrons. The largest absolute Gasteiger partial charge is 0.482 e. The number of hydrogen-bond acceptors (Lipinski definition) is 8. The van der Waals surface area contributed by atoms with Crippen LogP contribution in [0.3, 0.4) is 0 Å². The predicted octanol–water partition coefficient (Wildman–Crippen LogP) is 1.98. The Kier molecular flexibility index (Phi) is 8.27. The zero-order chi connectivity index (χ0) is 18.9. The normalized spacial score (nSPS) is 11.9. The molecule has 9 nitrogen and oxygen atoms in total. The lowest BCUT2D eigenvalue weighted by atomic mass is 10.2. The molecule has 0 unspecified atom stereocenters. The average molecular weight is 372 g/mol. The van der Waals surface area contributed by atoms with Gasteiger partial charge in [0.25, 0.3) is 11.4 Å². The Morgan fingerprint density at radius 2 is 1.84 bits per heavy atom. The lowest BCUT2D eigenvalue weighted by molar-refractivity contribution is -0.146. The Labute approximate surface area is 145 Å². The molecule has 0 aromatic heterocycles. The van der Waals surface area contributed by atoms with Gasteiger partial charge in [0.05, 0.1) is 13.2 Å². The maximum atomic E-state index is 12.5. The fourth-order valence-electron chi connectivity index (χ4n) is 1.70. The Bertz CT molecular complexity index is 680. The van der Waals surface area contributed by atoms with Crippen molar-refractivity contribution in [2.24, 2.45) is 10.9 Å². The number of oxime groups is 1. The minimum atomic E-state index is -4.07. The van der Waals surface area contributed by atoms with Gasteiger partial charge < -0.3 is 24.4 Å². The number of carbonyl (C=O) groups is 2. The Balaban J connectivity index is 2.77. The number of amides is 1. The molecule has 0 heterocycles. The first-order valence-corrected chi connectivity index (χ1v) is 9.03. The van der Waals surface area contributed by atoms with Gasteiger partial charge in [-0.25, -0.2) is 4.79 Å². The number of ether oxygens (including phenoxy) is 1. The molecule has 0 atom stereocenters. The number of carbonyl (C=O) groups excluding carboxylic acids is 2. The van der Waals surface area contributed by atoms with E-state index in [2.05, 4.69) is 9.99 Å². The Hall–Kier alpha value is -2.22. The molecule has 0 saturated carbocycles. The molecule has 138 valence electrons. The minimum Gasteiger partial charge on any atom is -0.482 e. The van der Waals surface area contributed by atoms with Gasteiger partial charge >= 0.3 is 13.6 Å². The van der Waals surface area contributed by atoms with Crippen molar-refractivity contribution in [1.82, 2.24) is 0 Å². The van der Waals surface area contributed by atoms with Crippen LogP contribution in [0.2, 0.25) is 0 Å². The highest BCUT2D eigenvalue weighted by Gasteiger charge is 2.37. The molecule has 0 bridgehead atoms. The maximum absolute atomic E-state index is 12.5. The highest BCUT2D eigenvalue weighted by atomic mass is 31.2. The Morgan fingerprint density at radius 3 is 2.36 bits per heavy atom. The van der Waals surface area contributed by atoms with Gasteiger partial charge in [-0.1, -0.05) is 17.3 Å². The van der Waals surface area contributed by atoms with E-state index in [-0.39, 0.29) is 13.2 Å². The van der Waals surface area contributed by atoms with Gasteiger partial charge in [0.1, 0.15) is 5.75 Å². The van der Waals surface area contributed by atoms with Crippen LogP contribution in [-0.4, -0.2) is 37.1 Å². The van der Waals surface area contributed by atoms with E-state index in [0.717, 1.165) is 5.56 Å². The van der Waals surface area contributed by atoms with Crippen LogP contribution in [0.15, 0.2) is 29.4 Å². The molecule has 0 spiro atoms. The SMILES string of the molecule is CCOP(=O)(OCC)C(=NOC(=O)COc1cccc(C)c1)C(N)=O. The minimum absolute atomic E-state index is 0.0198. The smallest absolute Gasteiger partial charge is 0.388 e. The second-order valence-electron chi connectivity index (χ2n) is 4.68. The first-order chi connectivity index (χ1) is 11.8. The molecule has 1 rings (SSSR count). The van der Waals surface area contributed by atoms with Crippen LogP contribution in [0.4, 0.5) is 0 Å². The van der Waals surface area contributed by atoms with Crippen molar-refractivity contribution < 1.29 is 32.8 Å². The van der Waals surface area contributed by atoms with Crippen LogP contribution < -0.4 is 10.5 Å². The van der Waals surface area contributed by atoms with Crippen LogP contribution in [-0.2, 0) is 28.0 Å². The molecule has 1 aromatic rings. The van der Waals surface area contributed by atoms with Crippen molar-refractivity contribution >= 4 is 24.9 Å². The highest BCUT2D eigenvalue weighted by molar-refractivity contribution is 7.75. The molecule has 0 aliphatic rings. The molecular weight excluding hydrogens is 351 g/mol. The fraction of sp³-hybridized carbons (Fsp3) is 0.400. The molecule has 0 fully saturated rings. The van der Waals surface area contributed by atoms with E-state index in [1.807, 2.05) is 13.0 Å². The van der Waals surface area contributed by atoms with E-state index in [0.29, 0.717) is 5.75 Å². The summed E-state index contributed by atoms with van der Waals surface area (Å²) in [4.78, 5) is 27.7. The van der Waals surface area contributed by atoms with E-state index in [4.69, 9.17) is 19.5 Å². The van der Waals surface area contributed by atoms with Gasteiger partial charge in [0.15, 0.2) is 6.61 Å². The molecule has 10 heteroatoms. The maximum Gasteiger partial charge on any atom is 0.388 e. The first kappa shape index (κ1) is 20.8. The summed E-state index contributed by atoms with van der Waals surface area (Å²) >= 11 is 0. The number of nitrogens with zero attached hydrogens (tertiary/aromatic N) is 1. The van der Waals surface area contributed by atoms with Crippen molar-refractivity contribution in [3.05, 3.63) is 29.8 Å². The summed E-state index contributed by atoms with van der Waals surface area (Å²) in [5.41, 5.74) is 5.29. The molecular formula is C15H21N2O7P. The van der Waals surface area contributed by atoms with Gasteiger partial charge in [0.2, 0.25) is 0 Å². The van der Waals surface area contributed by atoms with E-state index in [9.17, 15) is 14.2 Å². The molecule has 0 aliphatic heterocycles. The zero-order valence-electron chi connectivity index (χ0n) is 14.3. The van der Waals surface area contributed by atoms with Crippen molar-refractivity contribution in [1.29, 1.82) is 0 Å². The van der Waals surface area contributed by atoms with Crippen LogP contribution in [0.5, 0.6) is 5.75 Å². The summed E-state index contributed by atoms with van der Waals surface area (Å²) in [5, 5.41) is 3.26. The quantitative estimate of drug-likeness (QED) is 0.288. The van der Waals surface area contributed by atoms with Crippen LogP contribution in [0.25, 0.3) is 0 Å². The van der Waals surface area contributed by atoms with E-state index in [1.165, 1.54) is 0 Å². The lowest BCUT2D eigenvalue weighted by Gasteiger charge is -2.16. The molecule has 0 saturated heterocycles. The summed E-state index contributed by atoms with van der Waals surface area (Å²) in [6.45, 7) is 4.46. The second-order valence-corrected chi connectivity index (χ2v) is 6.62. The summed E-state index contributed by atoms with van der Waals surface area (Å²) in [6, 6.07) is 7.02. The molecule has 1 amide bonds. The lowest BCUT2D eigenvalue weighted by Crippen LogP contribution is -2.26. The third kappa shape index (κ3) is 6.66. The number of nitrogens with two attached hydrogens (primary N) is 1. The van der Waals surface area contributed by atoms with Gasteiger partial charge in [-0.15, -0.1) is 0 Å². The average Bonchev–Trinajstić information content (AvgIpc) is 2.53. The number of primary amides is 1. The van der Waals surface area contributed by atoms with Crippen LogP contribution in [0, 0.1) is 6.92 Å². The van der Waals surface area contributed by atoms with Crippen molar-refractivity contribution in [3.8, 4) is 5.75 Å². The van der Waals surface area contributed by atoms with E-state index >= 15 is 0 Å². The Morgan fingerprint density at radius 1 is 1.20 bits per heavy atom. The monoisotopic (exact) mass is 372 g/mol. The third-order valence-corrected chi connectivity index (χ3v) is 4.68. The summed E-state index contributed by atoms with van der Waals surface area (Å²) in [7, 11) is -4.07. The molecule has 25 heavy (non-hydrogen) atoms. The number of aryl methyl sites for hydroxylation is 1. The standard InChI is InChI=1S/C15H21N2O7P/c1-4-22-25(20,23-5-2)15(14(16)19)17-24-13(18)10-21-12-8-6-7-11(3)9-12/h6-9H,4-5,10H2,1-3H3,(H2,16,19). The van der Waals surface area contributed by atoms with E-state index in [1.54, 1.807) is 32.0 Å². The van der Waals surface area contributed by atoms with Gasteiger partial charge in [-0.3, -0.25) is 9.36 Å². The van der Waals surface area contributed by atoms with Crippen LogP contribution in [0.1, 0.15) is 19.4 Å². The topological polar surface area (TPSA) is 127 Å².